The summed E-state index contributed by atoms with van der Waals surface area (Å²) in [6.45, 7) is 5.82. The van der Waals surface area contributed by atoms with E-state index in [0.717, 1.165) is 12.2 Å². The van der Waals surface area contributed by atoms with Crippen LogP contribution in [0, 0.1) is 17.6 Å². The molecule has 0 radical (unpaired) electrons. The van der Waals surface area contributed by atoms with Crippen molar-refractivity contribution in [2.75, 3.05) is 6.54 Å². The van der Waals surface area contributed by atoms with Gasteiger partial charge in [-0.05, 0) is 46.6 Å². The van der Waals surface area contributed by atoms with Gasteiger partial charge in [0.1, 0.15) is 11.6 Å². The van der Waals surface area contributed by atoms with Crippen LogP contribution in [0.15, 0.2) is 28.9 Å². The average Bonchev–Trinajstić information content (AvgIpc) is 2.86. The number of rotatable bonds is 6. The monoisotopic (exact) mass is 357 g/mol. The Morgan fingerprint density at radius 3 is 2.76 bits per heavy atom. The van der Waals surface area contributed by atoms with Crippen molar-refractivity contribution in [3.05, 3.63) is 51.8 Å². The van der Waals surface area contributed by atoms with Crippen LogP contribution in [-0.4, -0.2) is 16.3 Å². The van der Waals surface area contributed by atoms with Gasteiger partial charge < -0.3 is 5.32 Å². The minimum atomic E-state index is -0.577. The van der Waals surface area contributed by atoms with Crippen molar-refractivity contribution in [2.45, 2.75) is 26.9 Å². The van der Waals surface area contributed by atoms with Crippen LogP contribution in [0.4, 0.5) is 8.78 Å². The van der Waals surface area contributed by atoms with Crippen LogP contribution in [0.3, 0.4) is 0 Å². The quantitative estimate of drug-likeness (QED) is 0.798. The van der Waals surface area contributed by atoms with Gasteiger partial charge in [0.15, 0.2) is 0 Å². The standard InChI is InChI=1S/C15H18BrF2N3/c1-10(2)7-19-8-11-5-6-20-21(11)9-12-14(17)4-3-13(16)15(12)18/h3-6,10,19H,7-9H2,1-2H3. The van der Waals surface area contributed by atoms with Crippen molar-refractivity contribution in [3.63, 3.8) is 0 Å². The Hall–Kier alpha value is -1.27. The van der Waals surface area contributed by atoms with Gasteiger partial charge in [0.25, 0.3) is 0 Å². The van der Waals surface area contributed by atoms with E-state index in [0.29, 0.717) is 12.5 Å². The average molecular weight is 358 g/mol. The van der Waals surface area contributed by atoms with Crippen LogP contribution in [0.1, 0.15) is 25.1 Å². The zero-order chi connectivity index (χ0) is 15.4. The summed E-state index contributed by atoms with van der Waals surface area (Å²) < 4.78 is 29.7. The summed E-state index contributed by atoms with van der Waals surface area (Å²) >= 11 is 3.08. The molecule has 0 spiro atoms. The number of nitrogens with zero attached hydrogens (tertiary/aromatic N) is 2. The molecule has 0 aliphatic heterocycles. The molecule has 1 N–H and O–H groups in total. The van der Waals surface area contributed by atoms with Crippen molar-refractivity contribution in [1.29, 1.82) is 0 Å². The van der Waals surface area contributed by atoms with Gasteiger partial charge in [-0.15, -0.1) is 0 Å². The van der Waals surface area contributed by atoms with E-state index >= 15 is 0 Å². The third kappa shape index (κ3) is 4.11. The molecule has 1 heterocycles. The molecular formula is C15H18BrF2N3. The van der Waals surface area contributed by atoms with Crippen LogP contribution in [0.2, 0.25) is 0 Å². The van der Waals surface area contributed by atoms with Crippen LogP contribution in [-0.2, 0) is 13.1 Å². The summed E-state index contributed by atoms with van der Waals surface area (Å²) in [6.07, 6.45) is 1.64. The fourth-order valence-corrected chi connectivity index (χ4v) is 2.38. The molecule has 114 valence electrons. The summed E-state index contributed by atoms with van der Waals surface area (Å²) in [4.78, 5) is 0. The lowest BCUT2D eigenvalue weighted by Gasteiger charge is -2.12. The molecule has 0 saturated carbocycles. The zero-order valence-corrected chi connectivity index (χ0v) is 13.6. The molecule has 3 nitrogen and oxygen atoms in total. The van der Waals surface area contributed by atoms with E-state index in [1.807, 2.05) is 6.07 Å². The minimum absolute atomic E-state index is 0.0122. The predicted molar refractivity (Wildman–Crippen MR) is 81.9 cm³/mol. The first-order valence-electron chi connectivity index (χ1n) is 6.82. The van der Waals surface area contributed by atoms with E-state index < -0.39 is 11.6 Å². The number of hydrogen-bond acceptors (Lipinski definition) is 2. The number of benzene rings is 1. The van der Waals surface area contributed by atoms with E-state index in [1.54, 1.807) is 10.9 Å². The summed E-state index contributed by atoms with van der Waals surface area (Å²) in [5, 5.41) is 7.45. The molecule has 0 aliphatic carbocycles. The molecule has 6 heteroatoms. The van der Waals surface area contributed by atoms with E-state index in [4.69, 9.17) is 0 Å². The Morgan fingerprint density at radius 1 is 1.29 bits per heavy atom. The number of nitrogens with one attached hydrogen (secondary N) is 1. The zero-order valence-electron chi connectivity index (χ0n) is 12.0. The van der Waals surface area contributed by atoms with Crippen molar-refractivity contribution in [3.8, 4) is 0 Å². The van der Waals surface area contributed by atoms with Crippen molar-refractivity contribution < 1.29 is 8.78 Å². The normalized spacial score (nSPS) is 11.3. The SMILES string of the molecule is CC(C)CNCc1ccnn1Cc1c(F)ccc(Br)c1F. The maximum Gasteiger partial charge on any atom is 0.145 e. The van der Waals surface area contributed by atoms with E-state index in [2.05, 4.69) is 40.2 Å². The van der Waals surface area contributed by atoms with Crippen molar-refractivity contribution in [1.82, 2.24) is 15.1 Å². The summed E-state index contributed by atoms with van der Waals surface area (Å²) in [7, 11) is 0. The topological polar surface area (TPSA) is 29.9 Å². The molecule has 0 saturated heterocycles. The molecule has 0 amide bonds. The number of aromatic nitrogens is 2. The summed E-state index contributed by atoms with van der Waals surface area (Å²) in [6, 6.07) is 4.46. The van der Waals surface area contributed by atoms with E-state index in [-0.39, 0.29) is 16.6 Å². The fraction of sp³-hybridized carbons (Fsp3) is 0.400. The largest absolute Gasteiger partial charge is 0.311 e. The van der Waals surface area contributed by atoms with Gasteiger partial charge in [0.05, 0.1) is 16.7 Å². The molecular weight excluding hydrogens is 340 g/mol. The Bertz CT molecular complexity index is 611. The van der Waals surface area contributed by atoms with Crippen molar-refractivity contribution in [2.24, 2.45) is 5.92 Å². The summed E-state index contributed by atoms with van der Waals surface area (Å²) in [5.74, 6) is -0.597. The molecule has 21 heavy (non-hydrogen) atoms. The van der Waals surface area contributed by atoms with Gasteiger partial charge in [0.2, 0.25) is 0 Å². The van der Waals surface area contributed by atoms with E-state index in [9.17, 15) is 8.78 Å². The Kier molecular flexibility index (Phi) is 5.47. The molecule has 0 atom stereocenters. The molecule has 0 aliphatic rings. The van der Waals surface area contributed by atoms with Gasteiger partial charge in [-0.2, -0.15) is 5.10 Å². The second-order valence-electron chi connectivity index (χ2n) is 5.33. The second kappa shape index (κ2) is 7.13. The lowest BCUT2D eigenvalue weighted by Crippen LogP contribution is -2.21. The van der Waals surface area contributed by atoms with Gasteiger partial charge in [-0.1, -0.05) is 13.8 Å². The van der Waals surface area contributed by atoms with E-state index in [1.165, 1.54) is 12.1 Å². The third-order valence-corrected chi connectivity index (χ3v) is 3.72. The fourth-order valence-electron chi connectivity index (χ4n) is 2.01. The van der Waals surface area contributed by atoms with Crippen LogP contribution >= 0.6 is 15.9 Å². The van der Waals surface area contributed by atoms with Gasteiger partial charge in [-0.25, -0.2) is 8.78 Å². The van der Waals surface area contributed by atoms with Crippen LogP contribution < -0.4 is 5.32 Å². The maximum absolute atomic E-state index is 14.0. The van der Waals surface area contributed by atoms with Crippen molar-refractivity contribution >= 4 is 15.9 Å². The molecule has 1 aromatic carbocycles. The highest BCUT2D eigenvalue weighted by molar-refractivity contribution is 9.10. The Balaban J connectivity index is 2.14. The first-order valence-corrected chi connectivity index (χ1v) is 7.62. The van der Waals surface area contributed by atoms with Crippen LogP contribution in [0.25, 0.3) is 0 Å². The maximum atomic E-state index is 14.0. The molecule has 2 rings (SSSR count). The highest BCUT2D eigenvalue weighted by atomic mass is 79.9. The molecule has 0 fully saturated rings. The smallest absolute Gasteiger partial charge is 0.145 e. The summed E-state index contributed by atoms with van der Waals surface area (Å²) in [5.41, 5.74) is 0.910. The van der Waals surface area contributed by atoms with Gasteiger partial charge in [0, 0.05) is 18.3 Å². The third-order valence-electron chi connectivity index (χ3n) is 3.11. The molecule has 2 aromatic rings. The Labute approximate surface area is 131 Å². The molecule has 1 aromatic heterocycles. The lowest BCUT2D eigenvalue weighted by molar-refractivity contribution is 0.506. The minimum Gasteiger partial charge on any atom is -0.311 e. The van der Waals surface area contributed by atoms with Crippen LogP contribution in [0.5, 0.6) is 0 Å². The second-order valence-corrected chi connectivity index (χ2v) is 6.18. The first kappa shape index (κ1) is 16.1. The lowest BCUT2D eigenvalue weighted by atomic mass is 10.2. The Morgan fingerprint density at radius 2 is 2.05 bits per heavy atom. The highest BCUT2D eigenvalue weighted by Crippen LogP contribution is 2.22. The number of halogens is 3. The first-order chi connectivity index (χ1) is 9.99. The van der Waals surface area contributed by atoms with Gasteiger partial charge >= 0.3 is 0 Å². The molecule has 0 bridgehead atoms. The van der Waals surface area contributed by atoms with Gasteiger partial charge in [-0.3, -0.25) is 4.68 Å². The molecule has 0 unspecified atom stereocenters. The predicted octanol–water partition coefficient (Wildman–Crippen LogP) is 3.72. The number of hydrogen-bond donors (Lipinski definition) is 1. The highest BCUT2D eigenvalue weighted by Gasteiger charge is 2.14.